The Morgan fingerprint density at radius 3 is 2.76 bits per heavy atom. The van der Waals surface area contributed by atoms with Gasteiger partial charge in [0.1, 0.15) is 0 Å². The molecule has 1 aliphatic rings. The molecule has 0 unspecified atom stereocenters. The molecule has 0 atom stereocenters. The van der Waals surface area contributed by atoms with E-state index in [2.05, 4.69) is 47.4 Å². The number of fused-ring (bicyclic) bond motifs is 4. The summed E-state index contributed by atoms with van der Waals surface area (Å²) in [6.45, 7) is 0. The van der Waals surface area contributed by atoms with Crippen molar-refractivity contribution in [3.63, 3.8) is 0 Å². The highest BCUT2D eigenvalue weighted by Gasteiger charge is 2.18. The number of hydrogen-bond acceptors (Lipinski definition) is 1. The van der Waals surface area contributed by atoms with Crippen LogP contribution in [0.15, 0.2) is 54.7 Å². The fourth-order valence-electron chi connectivity index (χ4n) is 2.71. The van der Waals surface area contributed by atoms with Crippen LogP contribution in [0.2, 0.25) is 0 Å². The lowest BCUT2D eigenvalue weighted by atomic mass is 10.0. The molecule has 0 spiro atoms. The molecule has 1 nitrogen and oxygen atoms in total. The summed E-state index contributed by atoms with van der Waals surface area (Å²) >= 11 is 0. The Morgan fingerprint density at radius 2 is 1.76 bits per heavy atom. The molecule has 80 valence electrons. The molecule has 1 aliphatic carbocycles. The maximum atomic E-state index is 4.43. The van der Waals surface area contributed by atoms with Gasteiger partial charge in [-0.2, -0.15) is 0 Å². The summed E-state index contributed by atoms with van der Waals surface area (Å²) in [5.41, 5.74) is 6.66. The first kappa shape index (κ1) is 8.94. The van der Waals surface area contributed by atoms with E-state index in [4.69, 9.17) is 0 Å². The summed E-state index contributed by atoms with van der Waals surface area (Å²) in [6.07, 6.45) is 2.91. The Hall–Kier alpha value is -2.15. The van der Waals surface area contributed by atoms with Gasteiger partial charge >= 0.3 is 0 Å². The first-order valence-electron chi connectivity index (χ1n) is 5.88. The minimum atomic E-state index is 1.05. The minimum Gasteiger partial charge on any atom is -0.256 e. The van der Waals surface area contributed by atoms with E-state index in [1.165, 1.54) is 27.6 Å². The highest BCUT2D eigenvalue weighted by Crippen LogP contribution is 2.38. The third kappa shape index (κ3) is 1.22. The van der Waals surface area contributed by atoms with Gasteiger partial charge in [0.2, 0.25) is 0 Å². The smallest absolute Gasteiger partial charge is 0.0708 e. The predicted molar refractivity (Wildman–Crippen MR) is 70.0 cm³/mol. The number of aromatic nitrogens is 1. The lowest BCUT2D eigenvalue weighted by Gasteiger charge is -2.03. The van der Waals surface area contributed by atoms with E-state index < -0.39 is 0 Å². The predicted octanol–water partition coefficient (Wildman–Crippen LogP) is 3.81. The van der Waals surface area contributed by atoms with Crippen molar-refractivity contribution in [3.8, 4) is 11.1 Å². The molecule has 0 N–H and O–H groups in total. The van der Waals surface area contributed by atoms with Crippen molar-refractivity contribution < 1.29 is 0 Å². The van der Waals surface area contributed by atoms with Crippen molar-refractivity contribution in [3.05, 3.63) is 65.9 Å². The minimum absolute atomic E-state index is 1.05. The van der Waals surface area contributed by atoms with E-state index in [0.717, 1.165) is 11.9 Å². The van der Waals surface area contributed by atoms with Crippen molar-refractivity contribution in [2.24, 2.45) is 0 Å². The molecule has 0 radical (unpaired) electrons. The molecule has 4 rings (SSSR count). The normalized spacial score (nSPS) is 12.5. The first-order valence-corrected chi connectivity index (χ1v) is 5.88. The molecule has 0 fully saturated rings. The Labute approximate surface area is 99.7 Å². The highest BCUT2D eigenvalue weighted by molar-refractivity contribution is 5.89. The highest BCUT2D eigenvalue weighted by atomic mass is 14.6. The van der Waals surface area contributed by atoms with Gasteiger partial charge in [-0.05, 0) is 46.9 Å². The fraction of sp³-hybridized carbons (Fsp3) is 0.0625. The molecular weight excluding hydrogens is 206 g/mol. The summed E-state index contributed by atoms with van der Waals surface area (Å²) in [6, 6.07) is 17.3. The average molecular weight is 217 g/mol. The molecule has 0 bridgehead atoms. The molecular formula is C16H11N. The van der Waals surface area contributed by atoms with Crippen LogP contribution in [0.1, 0.15) is 11.1 Å². The molecule has 1 heterocycles. The average Bonchev–Trinajstić information content (AvgIpc) is 2.73. The van der Waals surface area contributed by atoms with Gasteiger partial charge in [0, 0.05) is 11.6 Å². The van der Waals surface area contributed by atoms with Gasteiger partial charge in [-0.3, -0.25) is 4.98 Å². The zero-order chi connectivity index (χ0) is 11.2. The van der Waals surface area contributed by atoms with E-state index >= 15 is 0 Å². The summed E-state index contributed by atoms with van der Waals surface area (Å²) in [5, 5.41) is 1.24. The van der Waals surface area contributed by atoms with Crippen molar-refractivity contribution >= 4 is 10.9 Å². The van der Waals surface area contributed by atoms with Crippen LogP contribution in [-0.4, -0.2) is 4.98 Å². The molecule has 0 saturated carbocycles. The van der Waals surface area contributed by atoms with Gasteiger partial charge in [0.05, 0.1) is 5.52 Å². The third-order valence-electron chi connectivity index (χ3n) is 3.52. The van der Waals surface area contributed by atoms with E-state index in [-0.39, 0.29) is 0 Å². The van der Waals surface area contributed by atoms with Crippen LogP contribution in [0.25, 0.3) is 22.0 Å². The van der Waals surface area contributed by atoms with E-state index in [9.17, 15) is 0 Å². The maximum Gasteiger partial charge on any atom is 0.0708 e. The fourth-order valence-corrected chi connectivity index (χ4v) is 2.71. The topological polar surface area (TPSA) is 12.9 Å². The Kier molecular flexibility index (Phi) is 1.67. The van der Waals surface area contributed by atoms with Crippen LogP contribution in [0.4, 0.5) is 0 Å². The molecule has 0 aliphatic heterocycles. The molecule has 3 aromatic rings. The Morgan fingerprint density at radius 1 is 0.824 bits per heavy atom. The van der Waals surface area contributed by atoms with Gasteiger partial charge in [0.15, 0.2) is 0 Å². The lowest BCUT2D eigenvalue weighted by molar-refractivity contribution is 1.27. The first-order chi connectivity index (χ1) is 8.42. The van der Waals surface area contributed by atoms with Crippen LogP contribution in [0.3, 0.4) is 0 Å². The van der Waals surface area contributed by atoms with Gasteiger partial charge in [-0.15, -0.1) is 0 Å². The van der Waals surface area contributed by atoms with Crippen LogP contribution in [-0.2, 0) is 6.42 Å². The van der Waals surface area contributed by atoms with E-state index in [1.807, 2.05) is 12.3 Å². The van der Waals surface area contributed by atoms with Crippen LogP contribution < -0.4 is 0 Å². The second kappa shape index (κ2) is 3.17. The van der Waals surface area contributed by atoms with Crippen molar-refractivity contribution in [1.82, 2.24) is 4.98 Å². The quantitative estimate of drug-likeness (QED) is 0.436. The zero-order valence-corrected chi connectivity index (χ0v) is 9.35. The van der Waals surface area contributed by atoms with Crippen molar-refractivity contribution in [2.75, 3.05) is 0 Å². The molecule has 2 aromatic carbocycles. The standard InChI is InChI=1S/C16H11N/c1-2-6-14-11(4-1)8-13-9-12-5-3-7-17-16(12)10-15(13)14/h1-7,9-10H,8H2. The van der Waals surface area contributed by atoms with Crippen LogP contribution >= 0.6 is 0 Å². The van der Waals surface area contributed by atoms with Gasteiger partial charge in [-0.1, -0.05) is 30.3 Å². The molecule has 0 saturated heterocycles. The molecule has 1 heteroatoms. The Balaban J connectivity index is 2.07. The van der Waals surface area contributed by atoms with Gasteiger partial charge in [0.25, 0.3) is 0 Å². The molecule has 1 aromatic heterocycles. The second-order valence-corrected chi connectivity index (χ2v) is 4.54. The largest absolute Gasteiger partial charge is 0.256 e. The van der Waals surface area contributed by atoms with Crippen molar-refractivity contribution in [1.29, 1.82) is 0 Å². The summed E-state index contributed by atoms with van der Waals surface area (Å²) in [7, 11) is 0. The number of benzene rings is 2. The maximum absolute atomic E-state index is 4.43. The zero-order valence-electron chi connectivity index (χ0n) is 9.35. The van der Waals surface area contributed by atoms with Gasteiger partial charge in [-0.25, -0.2) is 0 Å². The summed E-state index contributed by atoms with van der Waals surface area (Å²) < 4.78 is 0. The number of nitrogens with zero attached hydrogens (tertiary/aromatic N) is 1. The van der Waals surface area contributed by atoms with Crippen LogP contribution in [0, 0.1) is 0 Å². The molecule has 0 amide bonds. The summed E-state index contributed by atoms with van der Waals surface area (Å²) in [5.74, 6) is 0. The monoisotopic (exact) mass is 217 g/mol. The second-order valence-electron chi connectivity index (χ2n) is 4.54. The Bertz CT molecular complexity index is 728. The molecule has 17 heavy (non-hydrogen) atoms. The summed E-state index contributed by atoms with van der Waals surface area (Å²) in [4.78, 5) is 4.43. The van der Waals surface area contributed by atoms with Gasteiger partial charge < -0.3 is 0 Å². The van der Waals surface area contributed by atoms with E-state index in [1.54, 1.807) is 0 Å². The number of rotatable bonds is 0. The third-order valence-corrected chi connectivity index (χ3v) is 3.52. The lowest BCUT2D eigenvalue weighted by Crippen LogP contribution is -1.83. The van der Waals surface area contributed by atoms with Crippen molar-refractivity contribution in [2.45, 2.75) is 6.42 Å². The van der Waals surface area contributed by atoms with E-state index in [0.29, 0.717) is 0 Å². The number of hydrogen-bond donors (Lipinski definition) is 0. The number of pyridine rings is 1. The van der Waals surface area contributed by atoms with Crippen LogP contribution in [0.5, 0.6) is 0 Å². The SMILES string of the molecule is c1ccc2c(c1)Cc1cc3cccnc3cc1-2.